The van der Waals surface area contributed by atoms with Gasteiger partial charge in [-0.2, -0.15) is 0 Å². The van der Waals surface area contributed by atoms with Crippen LogP contribution in [0.2, 0.25) is 5.02 Å². The van der Waals surface area contributed by atoms with Gasteiger partial charge in [0.25, 0.3) is 0 Å². The summed E-state index contributed by atoms with van der Waals surface area (Å²) in [7, 11) is 0. The predicted octanol–water partition coefficient (Wildman–Crippen LogP) is 4.29. The molecule has 2 rings (SSSR count). The van der Waals surface area contributed by atoms with Crippen molar-refractivity contribution in [3.8, 4) is 17.6 Å². The largest absolute Gasteiger partial charge is 0.484 e. The van der Waals surface area contributed by atoms with Crippen LogP contribution in [0.15, 0.2) is 36.4 Å². The molecular weight excluding hydrogens is 327 g/mol. The fourth-order valence-corrected chi connectivity index (χ4v) is 2.30. The van der Waals surface area contributed by atoms with Crippen LogP contribution in [-0.4, -0.2) is 5.54 Å². The Hall–Kier alpha value is -2.22. The van der Waals surface area contributed by atoms with Crippen LogP contribution < -0.4 is 16.2 Å². The molecule has 0 spiro atoms. The van der Waals surface area contributed by atoms with Crippen molar-refractivity contribution in [2.24, 2.45) is 5.73 Å². The summed E-state index contributed by atoms with van der Waals surface area (Å²) < 4.78 is 19.3. The fraction of sp³-hybridized carbons (Fsp3) is 0.263. The van der Waals surface area contributed by atoms with Crippen molar-refractivity contribution in [2.45, 2.75) is 32.4 Å². The first kappa shape index (κ1) is 18.1. The molecule has 0 aliphatic carbocycles. The van der Waals surface area contributed by atoms with E-state index < -0.39 is 11.6 Å². The van der Waals surface area contributed by atoms with E-state index >= 15 is 0 Å². The lowest BCUT2D eigenvalue weighted by molar-refractivity contribution is 0.228. The van der Waals surface area contributed by atoms with E-state index in [9.17, 15) is 4.39 Å². The number of nitrogens with two attached hydrogens (primary N) is 2. The average Bonchev–Trinajstić information content (AvgIpc) is 2.49. The number of anilines is 1. The Kier molecular flexibility index (Phi) is 5.38. The lowest BCUT2D eigenvalue weighted by Crippen LogP contribution is -2.29. The third kappa shape index (κ3) is 4.89. The van der Waals surface area contributed by atoms with Gasteiger partial charge in [0.2, 0.25) is 0 Å². The Labute approximate surface area is 146 Å². The lowest BCUT2D eigenvalue weighted by Gasteiger charge is -2.18. The first-order valence-electron chi connectivity index (χ1n) is 7.49. The molecule has 5 heteroatoms. The van der Waals surface area contributed by atoms with Crippen molar-refractivity contribution in [1.82, 2.24) is 0 Å². The Bertz CT molecular complexity index is 803. The number of ether oxygens (including phenoxy) is 1. The van der Waals surface area contributed by atoms with E-state index in [4.69, 9.17) is 27.8 Å². The molecule has 0 aromatic heterocycles. The van der Waals surface area contributed by atoms with Crippen molar-refractivity contribution >= 4 is 17.3 Å². The maximum absolute atomic E-state index is 13.4. The summed E-state index contributed by atoms with van der Waals surface area (Å²) in [5.74, 6) is 6.03. The molecule has 3 nitrogen and oxygen atoms in total. The second-order valence-electron chi connectivity index (χ2n) is 6.15. The summed E-state index contributed by atoms with van der Waals surface area (Å²) in [5, 5.41) is 0.434. The van der Waals surface area contributed by atoms with E-state index in [1.165, 1.54) is 18.2 Å². The summed E-state index contributed by atoms with van der Waals surface area (Å²) in [5.41, 5.74) is 13.0. The quantitative estimate of drug-likeness (QED) is 0.643. The summed E-state index contributed by atoms with van der Waals surface area (Å²) in [6.45, 7) is 5.42. The molecule has 2 aromatic rings. The van der Waals surface area contributed by atoms with E-state index in [-0.39, 0.29) is 5.82 Å². The zero-order chi connectivity index (χ0) is 17.9. The normalized spacial score (nSPS) is 12.2. The van der Waals surface area contributed by atoms with Crippen LogP contribution in [0.3, 0.4) is 0 Å². The number of benzene rings is 2. The maximum Gasteiger partial charge on any atom is 0.144 e. The van der Waals surface area contributed by atoms with Gasteiger partial charge >= 0.3 is 0 Å². The van der Waals surface area contributed by atoms with Gasteiger partial charge in [0.1, 0.15) is 17.7 Å². The molecule has 0 saturated heterocycles. The molecule has 126 valence electrons. The van der Waals surface area contributed by atoms with Crippen LogP contribution in [0.5, 0.6) is 5.75 Å². The molecule has 0 amide bonds. The number of nitrogen functional groups attached to an aromatic ring is 1. The third-order valence-corrected chi connectivity index (χ3v) is 3.59. The number of rotatable bonds is 3. The molecule has 0 saturated carbocycles. The minimum atomic E-state index is -0.592. The molecule has 0 bridgehead atoms. The Balaban J connectivity index is 2.28. The number of hydrogen-bond donors (Lipinski definition) is 2. The number of hydrogen-bond acceptors (Lipinski definition) is 3. The van der Waals surface area contributed by atoms with Crippen molar-refractivity contribution in [3.63, 3.8) is 0 Å². The molecule has 0 radical (unpaired) electrons. The molecule has 1 unspecified atom stereocenters. The van der Waals surface area contributed by atoms with Gasteiger partial charge in [0.15, 0.2) is 0 Å². The van der Waals surface area contributed by atoms with Gasteiger partial charge in [-0.05, 0) is 57.2 Å². The predicted molar refractivity (Wildman–Crippen MR) is 96.5 cm³/mol. The first-order chi connectivity index (χ1) is 11.2. The van der Waals surface area contributed by atoms with Crippen molar-refractivity contribution in [3.05, 3.63) is 58.4 Å². The molecule has 24 heavy (non-hydrogen) atoms. The summed E-state index contributed by atoms with van der Waals surface area (Å²) in [6.07, 6.45) is -0.468. The Morgan fingerprint density at radius 1 is 1.21 bits per heavy atom. The topological polar surface area (TPSA) is 61.3 Å². The van der Waals surface area contributed by atoms with Gasteiger partial charge in [0.05, 0.1) is 11.2 Å². The third-order valence-electron chi connectivity index (χ3n) is 3.24. The van der Waals surface area contributed by atoms with Crippen LogP contribution in [0.25, 0.3) is 0 Å². The van der Waals surface area contributed by atoms with Gasteiger partial charge in [0, 0.05) is 16.1 Å². The van der Waals surface area contributed by atoms with E-state index in [2.05, 4.69) is 11.8 Å². The van der Waals surface area contributed by atoms with Gasteiger partial charge < -0.3 is 16.2 Å². The van der Waals surface area contributed by atoms with E-state index in [1.807, 2.05) is 13.8 Å². The molecule has 1 atom stereocenters. The van der Waals surface area contributed by atoms with Crippen molar-refractivity contribution in [2.75, 3.05) is 5.73 Å². The highest BCUT2D eigenvalue weighted by atomic mass is 35.5. The zero-order valence-electron chi connectivity index (χ0n) is 13.9. The molecule has 0 aliphatic heterocycles. The summed E-state index contributed by atoms with van der Waals surface area (Å²) in [6, 6.07) is 9.39. The van der Waals surface area contributed by atoms with Crippen molar-refractivity contribution in [1.29, 1.82) is 0 Å². The average molecular weight is 347 g/mol. The SMILES string of the molecule is CC(Oc1cc(C#CC(C)(C)N)ccc1N)c1cc(F)ccc1Cl. The van der Waals surface area contributed by atoms with E-state index in [0.29, 0.717) is 22.0 Å². The van der Waals surface area contributed by atoms with Crippen LogP contribution >= 0.6 is 11.6 Å². The summed E-state index contributed by atoms with van der Waals surface area (Å²) in [4.78, 5) is 0. The first-order valence-corrected chi connectivity index (χ1v) is 7.87. The highest BCUT2D eigenvalue weighted by Gasteiger charge is 2.14. The minimum absolute atomic E-state index is 0.373. The summed E-state index contributed by atoms with van der Waals surface area (Å²) >= 11 is 6.11. The smallest absolute Gasteiger partial charge is 0.144 e. The molecule has 4 N–H and O–H groups in total. The van der Waals surface area contributed by atoms with E-state index in [0.717, 1.165) is 5.56 Å². The molecule has 0 heterocycles. The molecule has 0 aliphatic rings. The molecular formula is C19H20ClFN2O. The molecule has 0 fully saturated rings. The van der Waals surface area contributed by atoms with Gasteiger partial charge in [-0.1, -0.05) is 23.4 Å². The highest BCUT2D eigenvalue weighted by Crippen LogP contribution is 2.31. The van der Waals surface area contributed by atoms with Crippen LogP contribution in [-0.2, 0) is 0 Å². The monoisotopic (exact) mass is 346 g/mol. The van der Waals surface area contributed by atoms with E-state index in [1.54, 1.807) is 25.1 Å². The van der Waals surface area contributed by atoms with Gasteiger partial charge in [-0.3, -0.25) is 0 Å². The zero-order valence-corrected chi connectivity index (χ0v) is 14.6. The Morgan fingerprint density at radius 2 is 1.92 bits per heavy atom. The standard InChI is InChI=1S/C19H20ClFN2O/c1-12(15-11-14(21)5-6-16(15)20)24-18-10-13(4-7-17(18)22)8-9-19(2,3)23/h4-7,10-12H,22-23H2,1-3H3. The second-order valence-corrected chi connectivity index (χ2v) is 6.56. The van der Waals surface area contributed by atoms with Crippen LogP contribution in [0.4, 0.5) is 10.1 Å². The van der Waals surface area contributed by atoms with Crippen molar-refractivity contribution < 1.29 is 9.13 Å². The van der Waals surface area contributed by atoms with Gasteiger partial charge in [-0.25, -0.2) is 4.39 Å². The maximum atomic E-state index is 13.4. The van der Waals surface area contributed by atoms with Crippen LogP contribution in [0.1, 0.15) is 38.0 Å². The number of halogens is 2. The fourth-order valence-electron chi connectivity index (χ4n) is 2.03. The lowest BCUT2D eigenvalue weighted by atomic mass is 10.1. The second kappa shape index (κ2) is 7.12. The van der Waals surface area contributed by atoms with Crippen LogP contribution in [0, 0.1) is 17.7 Å². The minimum Gasteiger partial charge on any atom is -0.484 e. The highest BCUT2D eigenvalue weighted by molar-refractivity contribution is 6.31. The van der Waals surface area contributed by atoms with Gasteiger partial charge in [-0.15, -0.1) is 0 Å². The Morgan fingerprint density at radius 3 is 2.58 bits per heavy atom. The molecule has 2 aromatic carbocycles.